The minimum Gasteiger partial charge on any atom is -0.436 e. The van der Waals surface area contributed by atoms with Gasteiger partial charge in [-0.15, -0.1) is 10.2 Å². The first kappa shape index (κ1) is 33.2. The highest BCUT2D eigenvalue weighted by Gasteiger charge is 2.42. The first-order chi connectivity index (χ1) is 22.5. The van der Waals surface area contributed by atoms with Crippen molar-refractivity contribution in [2.45, 2.75) is 83.8 Å². The van der Waals surface area contributed by atoms with Crippen LogP contribution in [0.4, 0.5) is 0 Å². The molecule has 10 heteroatoms. The van der Waals surface area contributed by atoms with Crippen LogP contribution in [0.2, 0.25) is 0 Å². The van der Waals surface area contributed by atoms with E-state index in [2.05, 4.69) is 95.1 Å². The average molecular weight is 628 g/mol. The Hall–Kier alpha value is -4.15. The summed E-state index contributed by atoms with van der Waals surface area (Å²) >= 11 is 0. The number of hydrogen-bond acceptors (Lipinski definition) is 8. The van der Waals surface area contributed by atoms with Gasteiger partial charge in [-0.05, 0) is 85.4 Å². The van der Waals surface area contributed by atoms with Gasteiger partial charge in [-0.25, -0.2) is 4.79 Å². The predicted molar refractivity (Wildman–Crippen MR) is 175 cm³/mol. The van der Waals surface area contributed by atoms with Crippen molar-refractivity contribution in [3.8, 4) is 0 Å². The number of hydrogen-bond donors (Lipinski definition) is 1. The molecule has 1 N–H and O–H groups in total. The molecule has 2 heterocycles. The summed E-state index contributed by atoms with van der Waals surface area (Å²) in [5.41, 5.74) is 5.24. The minimum atomic E-state index is -1.08. The Labute approximate surface area is 270 Å². The number of nitrogens with one attached hydrogen (secondary N) is 1. The number of rotatable bonds is 18. The number of cyclic esters (lactones) is 1. The van der Waals surface area contributed by atoms with Crippen molar-refractivity contribution in [3.05, 3.63) is 88.7 Å². The van der Waals surface area contributed by atoms with Gasteiger partial charge >= 0.3 is 5.97 Å². The molecule has 5 rings (SSSR count). The van der Waals surface area contributed by atoms with E-state index in [4.69, 9.17) is 14.2 Å². The van der Waals surface area contributed by atoms with Crippen LogP contribution in [-0.2, 0) is 43.1 Å². The lowest BCUT2D eigenvalue weighted by Gasteiger charge is -2.28. The van der Waals surface area contributed by atoms with E-state index in [1.807, 2.05) is 0 Å². The van der Waals surface area contributed by atoms with Gasteiger partial charge in [-0.1, -0.05) is 78.7 Å². The van der Waals surface area contributed by atoms with Crippen LogP contribution < -0.4 is 0 Å². The lowest BCUT2D eigenvalue weighted by Crippen LogP contribution is -2.49. The van der Waals surface area contributed by atoms with E-state index >= 15 is 0 Å². The maximum atomic E-state index is 14.0. The zero-order valence-corrected chi connectivity index (χ0v) is 27.0. The molecule has 2 atom stereocenters. The van der Waals surface area contributed by atoms with Crippen LogP contribution >= 0.6 is 0 Å². The Morgan fingerprint density at radius 3 is 2.39 bits per heavy atom. The van der Waals surface area contributed by atoms with Crippen LogP contribution in [0, 0.1) is 13.8 Å². The van der Waals surface area contributed by atoms with Gasteiger partial charge in [-0.2, -0.15) is 5.21 Å². The fourth-order valence-electron chi connectivity index (χ4n) is 5.83. The molecule has 0 aliphatic carbocycles. The number of aromatic amines is 1. The van der Waals surface area contributed by atoms with Gasteiger partial charge < -0.3 is 19.1 Å². The maximum Gasteiger partial charge on any atom is 0.340 e. The Morgan fingerprint density at radius 1 is 0.891 bits per heavy atom. The van der Waals surface area contributed by atoms with Crippen molar-refractivity contribution in [1.82, 2.24) is 25.5 Å². The summed E-state index contributed by atoms with van der Waals surface area (Å²) in [5, 5.41) is 16.7. The number of esters is 1. The van der Waals surface area contributed by atoms with Gasteiger partial charge in [0.1, 0.15) is 0 Å². The van der Waals surface area contributed by atoms with Crippen LogP contribution in [0.25, 0.3) is 10.8 Å². The highest BCUT2D eigenvalue weighted by Crippen LogP contribution is 2.20. The standard InChI is InChI=1S/C36H45N5O5/c1-26-15-16-28(23-27(26)2)11-6-4-10-22-44-33(34-36(43)46-25-45-34)35(42)41(21-19-32-37-39-40-38-32)20-9-3-5-12-29-17-18-30-13-7-8-14-31(30)24-29/h7-8,13-18,23-24,33-34H,3-6,9-12,19-22,25H2,1-2H3,(H,37,38,39,40)/t33-,34-/m1/s1. The molecule has 0 radical (unpaired) electrons. The average Bonchev–Trinajstić information content (AvgIpc) is 3.75. The number of carbonyl (C=O) groups excluding carboxylic acids is 2. The van der Waals surface area contributed by atoms with E-state index in [1.165, 1.54) is 33.0 Å². The van der Waals surface area contributed by atoms with Gasteiger partial charge in [0.2, 0.25) is 0 Å². The summed E-state index contributed by atoms with van der Waals surface area (Å²) in [7, 11) is 0. The summed E-state index contributed by atoms with van der Waals surface area (Å²) in [5.74, 6) is -0.328. The second-order valence-electron chi connectivity index (χ2n) is 12.1. The van der Waals surface area contributed by atoms with Gasteiger partial charge in [-0.3, -0.25) is 4.79 Å². The molecular weight excluding hydrogens is 582 g/mol. The summed E-state index contributed by atoms with van der Waals surface area (Å²) in [6.45, 7) is 5.33. The molecule has 46 heavy (non-hydrogen) atoms. The number of fused-ring (bicyclic) bond motifs is 1. The number of nitrogens with zero attached hydrogens (tertiary/aromatic N) is 4. The smallest absolute Gasteiger partial charge is 0.340 e. The molecule has 1 amide bonds. The lowest BCUT2D eigenvalue weighted by atomic mass is 10.0. The number of carbonyl (C=O) groups is 2. The third-order valence-corrected chi connectivity index (χ3v) is 8.69. The molecule has 0 saturated carbocycles. The van der Waals surface area contributed by atoms with Gasteiger partial charge in [0.15, 0.2) is 24.8 Å². The number of aryl methyl sites for hydroxylation is 4. The number of aromatic nitrogens is 4. The van der Waals surface area contributed by atoms with E-state index in [0.29, 0.717) is 31.9 Å². The molecule has 1 aromatic heterocycles. The number of unbranched alkanes of at least 4 members (excludes halogenated alkanes) is 4. The molecular formula is C36H45N5O5. The third kappa shape index (κ3) is 9.43. The Kier molecular flexibility index (Phi) is 12.2. The number of tetrazole rings is 1. The summed E-state index contributed by atoms with van der Waals surface area (Å²) < 4.78 is 16.7. The summed E-state index contributed by atoms with van der Waals surface area (Å²) in [6, 6.07) is 21.6. The van der Waals surface area contributed by atoms with E-state index in [1.54, 1.807) is 4.90 Å². The molecule has 1 aliphatic rings. The zero-order valence-electron chi connectivity index (χ0n) is 27.0. The highest BCUT2D eigenvalue weighted by atomic mass is 16.7. The molecule has 0 unspecified atom stereocenters. The molecule has 1 fully saturated rings. The SMILES string of the molecule is Cc1ccc(CCCCCO[C@@H](C(=O)N(CCCCCc2ccc3ccccc3c2)CCc2nn[nH]n2)[C@H]2OCOC2=O)cc1C. The van der Waals surface area contributed by atoms with Crippen molar-refractivity contribution >= 4 is 22.6 Å². The number of benzene rings is 3. The lowest BCUT2D eigenvalue weighted by molar-refractivity contribution is -0.158. The van der Waals surface area contributed by atoms with E-state index < -0.39 is 18.2 Å². The number of ether oxygens (including phenoxy) is 3. The Bertz CT molecular complexity index is 1560. The molecule has 1 saturated heterocycles. The maximum absolute atomic E-state index is 14.0. The summed E-state index contributed by atoms with van der Waals surface area (Å²) in [4.78, 5) is 28.2. The molecule has 4 aromatic rings. The largest absolute Gasteiger partial charge is 0.436 e. The van der Waals surface area contributed by atoms with Crippen LogP contribution in [0.1, 0.15) is 66.6 Å². The van der Waals surface area contributed by atoms with Gasteiger partial charge in [0.25, 0.3) is 5.91 Å². The van der Waals surface area contributed by atoms with Crippen molar-refractivity contribution in [2.75, 3.05) is 26.5 Å². The van der Waals surface area contributed by atoms with Crippen molar-refractivity contribution < 1.29 is 23.8 Å². The van der Waals surface area contributed by atoms with Gasteiger partial charge in [0.05, 0.1) is 0 Å². The zero-order chi connectivity index (χ0) is 32.1. The first-order valence-corrected chi connectivity index (χ1v) is 16.4. The van der Waals surface area contributed by atoms with Crippen molar-refractivity contribution in [1.29, 1.82) is 0 Å². The fourth-order valence-corrected chi connectivity index (χ4v) is 5.83. The topological polar surface area (TPSA) is 120 Å². The normalized spacial score (nSPS) is 15.3. The Balaban J connectivity index is 1.14. The minimum absolute atomic E-state index is 0.176. The first-order valence-electron chi connectivity index (χ1n) is 16.4. The predicted octanol–water partition coefficient (Wildman–Crippen LogP) is 5.45. The van der Waals surface area contributed by atoms with Crippen LogP contribution in [0.3, 0.4) is 0 Å². The van der Waals surface area contributed by atoms with Crippen molar-refractivity contribution in [2.24, 2.45) is 0 Å². The van der Waals surface area contributed by atoms with Crippen LogP contribution in [0.15, 0.2) is 60.7 Å². The van der Waals surface area contributed by atoms with Gasteiger partial charge in [0, 0.05) is 26.1 Å². The summed E-state index contributed by atoms with van der Waals surface area (Å²) in [6.07, 6.45) is 5.75. The second kappa shape index (κ2) is 17.0. The van der Waals surface area contributed by atoms with E-state index in [-0.39, 0.29) is 12.7 Å². The molecule has 10 nitrogen and oxygen atoms in total. The molecule has 3 aromatic carbocycles. The van der Waals surface area contributed by atoms with Crippen molar-refractivity contribution in [3.63, 3.8) is 0 Å². The monoisotopic (exact) mass is 627 g/mol. The quantitative estimate of drug-likeness (QED) is 0.114. The van der Waals surface area contributed by atoms with E-state index in [0.717, 1.165) is 51.4 Å². The molecule has 0 spiro atoms. The number of amides is 1. The Morgan fingerprint density at radius 2 is 1.65 bits per heavy atom. The molecule has 1 aliphatic heterocycles. The fraction of sp³-hybridized carbons (Fsp3) is 0.472. The van der Waals surface area contributed by atoms with Crippen LogP contribution in [0.5, 0.6) is 0 Å². The second-order valence-corrected chi connectivity index (χ2v) is 12.1. The third-order valence-electron chi connectivity index (χ3n) is 8.69. The van der Waals surface area contributed by atoms with Crippen LogP contribution in [-0.4, -0.2) is 76.1 Å². The van der Waals surface area contributed by atoms with E-state index in [9.17, 15) is 9.59 Å². The highest BCUT2D eigenvalue weighted by molar-refractivity contribution is 5.89. The molecule has 0 bridgehead atoms. The molecule has 244 valence electrons. The number of H-pyrrole nitrogens is 1.